The van der Waals surface area contributed by atoms with Crippen LogP contribution < -0.4 is 10.6 Å². The van der Waals surface area contributed by atoms with Gasteiger partial charge in [0, 0.05) is 32.8 Å². The smallest absolute Gasteiger partial charge is 0.166 e. The molecule has 0 atom stereocenters. The Morgan fingerprint density at radius 1 is 1.57 bits per heavy atom. The van der Waals surface area contributed by atoms with E-state index in [2.05, 4.69) is 15.6 Å². The van der Waals surface area contributed by atoms with Gasteiger partial charge in [-0.15, -0.1) is 0 Å². The molecule has 4 nitrogen and oxygen atoms in total. The Hall–Kier alpha value is -1.10. The van der Waals surface area contributed by atoms with E-state index in [9.17, 15) is 0 Å². The number of rotatable bonds is 4. The third-order valence-electron chi connectivity index (χ3n) is 1.76. The van der Waals surface area contributed by atoms with E-state index in [-0.39, 0.29) is 0 Å². The van der Waals surface area contributed by atoms with Gasteiger partial charge in [-0.1, -0.05) is 0 Å². The Kier molecular flexibility index (Phi) is 4.39. The molecule has 1 heterocycles. The molecule has 0 saturated heterocycles. The van der Waals surface area contributed by atoms with E-state index in [0.29, 0.717) is 5.11 Å². The molecule has 2 N–H and O–H groups in total. The first-order valence-corrected chi connectivity index (χ1v) is 5.11. The van der Waals surface area contributed by atoms with Crippen LogP contribution in [0.3, 0.4) is 0 Å². The first kappa shape index (κ1) is 11.0. The van der Waals surface area contributed by atoms with E-state index < -0.39 is 0 Å². The summed E-state index contributed by atoms with van der Waals surface area (Å²) >= 11 is 5.03. The number of hydrogen-bond acceptors (Lipinski definition) is 2. The molecule has 1 aromatic heterocycles. The third kappa shape index (κ3) is 3.74. The van der Waals surface area contributed by atoms with Gasteiger partial charge in [-0.2, -0.15) is 0 Å². The summed E-state index contributed by atoms with van der Waals surface area (Å²) in [5.41, 5.74) is 1.08. The lowest BCUT2D eigenvalue weighted by Crippen LogP contribution is -2.36. The lowest BCUT2D eigenvalue weighted by atomic mass is 10.3. The quantitative estimate of drug-likeness (QED) is 0.711. The van der Waals surface area contributed by atoms with Crippen LogP contribution in [0.2, 0.25) is 0 Å². The van der Waals surface area contributed by atoms with Crippen molar-refractivity contribution in [3.05, 3.63) is 18.2 Å². The molecule has 0 aliphatic carbocycles. The Balaban J connectivity index is 2.18. The first-order valence-electron chi connectivity index (χ1n) is 4.71. The van der Waals surface area contributed by atoms with Gasteiger partial charge in [-0.25, -0.2) is 4.98 Å². The van der Waals surface area contributed by atoms with Crippen molar-refractivity contribution in [3.8, 4) is 0 Å². The van der Waals surface area contributed by atoms with Gasteiger partial charge in [0.05, 0.1) is 12.0 Å². The first-order chi connectivity index (χ1) is 6.72. The van der Waals surface area contributed by atoms with Gasteiger partial charge in [0.25, 0.3) is 0 Å². The van der Waals surface area contributed by atoms with Crippen LogP contribution in [0.5, 0.6) is 0 Å². The maximum absolute atomic E-state index is 5.03. The zero-order valence-electron chi connectivity index (χ0n) is 8.58. The summed E-state index contributed by atoms with van der Waals surface area (Å²) in [6, 6.07) is 0. The molecule has 0 amide bonds. The maximum atomic E-state index is 5.03. The highest BCUT2D eigenvalue weighted by Crippen LogP contribution is 1.93. The number of thiocarbonyl (C=S) groups is 1. The Morgan fingerprint density at radius 2 is 2.36 bits per heavy atom. The number of imidazole rings is 1. The molecule has 0 fully saturated rings. The minimum absolute atomic E-state index is 0.712. The van der Waals surface area contributed by atoms with E-state index in [4.69, 9.17) is 12.2 Å². The van der Waals surface area contributed by atoms with Crippen molar-refractivity contribution in [1.82, 2.24) is 20.2 Å². The van der Waals surface area contributed by atoms with Crippen molar-refractivity contribution >= 4 is 17.3 Å². The van der Waals surface area contributed by atoms with Crippen molar-refractivity contribution in [2.24, 2.45) is 7.05 Å². The van der Waals surface area contributed by atoms with Gasteiger partial charge in [-0.05, 0) is 19.1 Å². The van der Waals surface area contributed by atoms with Gasteiger partial charge < -0.3 is 15.2 Å². The molecule has 14 heavy (non-hydrogen) atoms. The fourth-order valence-electron chi connectivity index (χ4n) is 1.12. The summed E-state index contributed by atoms with van der Waals surface area (Å²) in [7, 11) is 1.97. The average molecular weight is 212 g/mol. The predicted molar refractivity (Wildman–Crippen MR) is 61.2 cm³/mol. The van der Waals surface area contributed by atoms with Crippen molar-refractivity contribution in [2.75, 3.05) is 13.1 Å². The number of aryl methyl sites for hydroxylation is 1. The number of hydrogen-bond donors (Lipinski definition) is 2. The second-order valence-corrected chi connectivity index (χ2v) is 3.47. The van der Waals surface area contributed by atoms with Crippen molar-refractivity contribution in [1.29, 1.82) is 0 Å². The maximum Gasteiger partial charge on any atom is 0.166 e. The topological polar surface area (TPSA) is 41.9 Å². The fraction of sp³-hybridized carbons (Fsp3) is 0.556. The van der Waals surface area contributed by atoms with Crippen LogP contribution in [-0.2, 0) is 13.5 Å². The van der Waals surface area contributed by atoms with E-state index >= 15 is 0 Å². The molecule has 0 radical (unpaired) electrons. The summed E-state index contributed by atoms with van der Waals surface area (Å²) in [5.74, 6) is 0. The van der Waals surface area contributed by atoms with E-state index in [0.717, 1.165) is 25.2 Å². The number of aromatic nitrogens is 2. The Morgan fingerprint density at radius 3 is 2.93 bits per heavy atom. The molecule has 5 heteroatoms. The minimum Gasteiger partial charge on any atom is -0.363 e. The van der Waals surface area contributed by atoms with Gasteiger partial charge >= 0.3 is 0 Å². The van der Waals surface area contributed by atoms with Crippen LogP contribution in [-0.4, -0.2) is 27.8 Å². The minimum atomic E-state index is 0.712. The highest BCUT2D eigenvalue weighted by Gasteiger charge is 1.97. The van der Waals surface area contributed by atoms with Crippen LogP contribution >= 0.6 is 12.2 Å². The van der Waals surface area contributed by atoms with Crippen LogP contribution in [0.4, 0.5) is 0 Å². The van der Waals surface area contributed by atoms with E-state index in [1.165, 1.54) is 0 Å². The van der Waals surface area contributed by atoms with Crippen LogP contribution in [0, 0.1) is 0 Å². The summed E-state index contributed by atoms with van der Waals surface area (Å²) in [6.45, 7) is 3.70. The zero-order chi connectivity index (χ0) is 10.4. The average Bonchev–Trinajstić information content (AvgIpc) is 2.52. The highest BCUT2D eigenvalue weighted by molar-refractivity contribution is 7.80. The lowest BCUT2D eigenvalue weighted by Gasteiger charge is -2.06. The van der Waals surface area contributed by atoms with Crippen molar-refractivity contribution in [2.45, 2.75) is 13.3 Å². The van der Waals surface area contributed by atoms with Crippen molar-refractivity contribution in [3.63, 3.8) is 0 Å². The molecule has 0 unspecified atom stereocenters. The fourth-order valence-corrected chi connectivity index (χ4v) is 1.37. The summed E-state index contributed by atoms with van der Waals surface area (Å²) in [6.07, 6.45) is 4.71. The molecule has 1 aromatic rings. The highest BCUT2D eigenvalue weighted by atomic mass is 32.1. The molecule has 78 valence electrons. The van der Waals surface area contributed by atoms with Gasteiger partial charge in [0.1, 0.15) is 0 Å². The lowest BCUT2D eigenvalue weighted by molar-refractivity contribution is 0.816. The summed E-state index contributed by atoms with van der Waals surface area (Å²) in [4.78, 5) is 4.22. The molecule has 0 bridgehead atoms. The van der Waals surface area contributed by atoms with Crippen LogP contribution in [0.15, 0.2) is 12.5 Å². The molecule has 1 rings (SSSR count). The molecule has 0 aromatic carbocycles. The van der Waals surface area contributed by atoms with Gasteiger partial charge in [-0.3, -0.25) is 0 Å². The monoisotopic (exact) mass is 212 g/mol. The largest absolute Gasteiger partial charge is 0.363 e. The van der Waals surface area contributed by atoms with Crippen LogP contribution in [0.25, 0.3) is 0 Å². The van der Waals surface area contributed by atoms with Crippen molar-refractivity contribution < 1.29 is 0 Å². The predicted octanol–water partition coefficient (Wildman–Crippen LogP) is 0.447. The zero-order valence-corrected chi connectivity index (χ0v) is 9.40. The molecular weight excluding hydrogens is 196 g/mol. The van der Waals surface area contributed by atoms with E-state index in [1.807, 2.05) is 24.7 Å². The molecule has 0 spiro atoms. The Bertz CT molecular complexity index is 295. The molecule has 0 aliphatic heterocycles. The second kappa shape index (κ2) is 5.59. The standard InChI is InChI=1S/C9H16N4S/c1-3-10-9(14)11-5-4-8-6-13(2)7-12-8/h6-7H,3-5H2,1-2H3,(H2,10,11,14). The molecule has 0 saturated carbocycles. The third-order valence-corrected chi connectivity index (χ3v) is 2.05. The van der Waals surface area contributed by atoms with Gasteiger partial charge in [0.2, 0.25) is 0 Å². The number of nitrogens with zero attached hydrogens (tertiary/aromatic N) is 2. The van der Waals surface area contributed by atoms with Crippen LogP contribution in [0.1, 0.15) is 12.6 Å². The second-order valence-electron chi connectivity index (χ2n) is 3.07. The van der Waals surface area contributed by atoms with Gasteiger partial charge in [0.15, 0.2) is 5.11 Å². The summed E-state index contributed by atoms with van der Waals surface area (Å²) < 4.78 is 1.94. The Labute approximate surface area is 89.7 Å². The molecule has 0 aliphatic rings. The normalized spacial score (nSPS) is 9.86. The summed E-state index contributed by atoms with van der Waals surface area (Å²) in [5, 5.41) is 6.86. The number of nitrogens with one attached hydrogen (secondary N) is 2. The van der Waals surface area contributed by atoms with E-state index in [1.54, 1.807) is 6.33 Å². The molecular formula is C9H16N4S. The SMILES string of the molecule is CCNC(=S)NCCc1cn(C)cn1.